The standard InChI is InChI=1S/C16H17ClFN3/c1-9(2)15-11-8-19-6-5-14(11)20-16(21-15)10-3-4-13(18)12(17)7-10/h3-4,7,9,19H,5-6,8H2,1-2H3. The number of hydrogen-bond donors (Lipinski definition) is 1. The van der Waals surface area contributed by atoms with Gasteiger partial charge in [0, 0.05) is 30.6 Å². The molecule has 0 fully saturated rings. The number of halogens is 2. The van der Waals surface area contributed by atoms with E-state index in [0.29, 0.717) is 11.7 Å². The van der Waals surface area contributed by atoms with Crippen LogP contribution in [-0.4, -0.2) is 16.5 Å². The average molecular weight is 306 g/mol. The third-order valence-electron chi connectivity index (χ3n) is 3.69. The maximum atomic E-state index is 13.3. The molecule has 5 heteroatoms. The number of aromatic nitrogens is 2. The summed E-state index contributed by atoms with van der Waals surface area (Å²) in [4.78, 5) is 9.36. The van der Waals surface area contributed by atoms with Crippen LogP contribution in [0, 0.1) is 5.82 Å². The van der Waals surface area contributed by atoms with Crippen molar-refractivity contribution in [3.05, 3.63) is 46.0 Å². The molecule has 1 N–H and O–H groups in total. The zero-order valence-corrected chi connectivity index (χ0v) is 12.8. The van der Waals surface area contributed by atoms with Crippen LogP contribution in [0.4, 0.5) is 4.39 Å². The fraction of sp³-hybridized carbons (Fsp3) is 0.375. The van der Waals surface area contributed by atoms with Crippen molar-refractivity contribution in [1.29, 1.82) is 0 Å². The molecule has 2 aromatic rings. The van der Waals surface area contributed by atoms with E-state index in [9.17, 15) is 4.39 Å². The van der Waals surface area contributed by atoms with E-state index in [2.05, 4.69) is 24.1 Å². The molecule has 0 amide bonds. The van der Waals surface area contributed by atoms with E-state index in [1.54, 1.807) is 12.1 Å². The molecule has 0 bridgehead atoms. The molecular formula is C16H17ClFN3. The summed E-state index contributed by atoms with van der Waals surface area (Å²) in [6, 6.07) is 4.62. The predicted octanol–water partition coefficient (Wildman–Crippen LogP) is 3.71. The average Bonchev–Trinajstić information content (AvgIpc) is 2.48. The molecule has 0 saturated carbocycles. The molecule has 21 heavy (non-hydrogen) atoms. The maximum Gasteiger partial charge on any atom is 0.159 e. The van der Waals surface area contributed by atoms with Crippen LogP contribution in [0.3, 0.4) is 0 Å². The van der Waals surface area contributed by atoms with Crippen molar-refractivity contribution in [2.45, 2.75) is 32.7 Å². The summed E-state index contributed by atoms with van der Waals surface area (Å²) in [7, 11) is 0. The number of rotatable bonds is 2. The Labute approximate surface area is 128 Å². The van der Waals surface area contributed by atoms with Gasteiger partial charge in [-0.1, -0.05) is 25.4 Å². The number of nitrogens with zero attached hydrogens (tertiary/aromatic N) is 2. The van der Waals surface area contributed by atoms with Gasteiger partial charge < -0.3 is 5.32 Å². The zero-order valence-electron chi connectivity index (χ0n) is 12.1. The number of nitrogens with one attached hydrogen (secondary N) is 1. The van der Waals surface area contributed by atoms with Crippen molar-refractivity contribution in [1.82, 2.24) is 15.3 Å². The summed E-state index contributed by atoms with van der Waals surface area (Å²) in [5, 5.41) is 3.46. The van der Waals surface area contributed by atoms with Gasteiger partial charge in [0.15, 0.2) is 5.82 Å². The molecule has 0 aliphatic carbocycles. The molecule has 0 unspecified atom stereocenters. The van der Waals surface area contributed by atoms with E-state index < -0.39 is 5.82 Å². The molecule has 2 heterocycles. The highest BCUT2D eigenvalue weighted by molar-refractivity contribution is 6.31. The van der Waals surface area contributed by atoms with Gasteiger partial charge in [-0.15, -0.1) is 0 Å². The van der Waals surface area contributed by atoms with Crippen molar-refractivity contribution in [2.24, 2.45) is 0 Å². The van der Waals surface area contributed by atoms with Gasteiger partial charge in [0.1, 0.15) is 5.82 Å². The number of hydrogen-bond acceptors (Lipinski definition) is 3. The Hall–Kier alpha value is -1.52. The van der Waals surface area contributed by atoms with Crippen LogP contribution in [0.5, 0.6) is 0 Å². The smallest absolute Gasteiger partial charge is 0.159 e. The topological polar surface area (TPSA) is 37.8 Å². The normalized spacial score (nSPS) is 14.3. The molecular weight excluding hydrogens is 289 g/mol. The van der Waals surface area contributed by atoms with E-state index >= 15 is 0 Å². The monoisotopic (exact) mass is 305 g/mol. The molecule has 0 radical (unpaired) electrons. The molecule has 0 atom stereocenters. The lowest BCUT2D eigenvalue weighted by atomic mass is 9.98. The molecule has 1 aromatic carbocycles. The first-order valence-electron chi connectivity index (χ1n) is 7.12. The lowest BCUT2D eigenvalue weighted by Crippen LogP contribution is -2.27. The van der Waals surface area contributed by atoms with Crippen LogP contribution in [0.2, 0.25) is 5.02 Å². The molecule has 1 aliphatic rings. The van der Waals surface area contributed by atoms with E-state index in [0.717, 1.165) is 36.5 Å². The van der Waals surface area contributed by atoms with Crippen molar-refractivity contribution < 1.29 is 4.39 Å². The van der Waals surface area contributed by atoms with Crippen molar-refractivity contribution in [3.8, 4) is 11.4 Å². The summed E-state index contributed by atoms with van der Waals surface area (Å²) < 4.78 is 13.3. The third-order valence-corrected chi connectivity index (χ3v) is 3.98. The Kier molecular flexibility index (Phi) is 3.91. The second-order valence-corrected chi connectivity index (χ2v) is 5.98. The van der Waals surface area contributed by atoms with Crippen LogP contribution < -0.4 is 5.32 Å². The van der Waals surface area contributed by atoms with Crippen LogP contribution in [-0.2, 0) is 13.0 Å². The first-order valence-corrected chi connectivity index (χ1v) is 7.50. The van der Waals surface area contributed by atoms with Gasteiger partial charge in [-0.25, -0.2) is 14.4 Å². The van der Waals surface area contributed by atoms with Crippen LogP contribution in [0.25, 0.3) is 11.4 Å². The Bertz CT molecular complexity index is 685. The number of fused-ring (bicyclic) bond motifs is 1. The van der Waals surface area contributed by atoms with Gasteiger partial charge in [-0.3, -0.25) is 0 Å². The fourth-order valence-corrected chi connectivity index (χ4v) is 2.79. The molecule has 3 nitrogen and oxygen atoms in total. The summed E-state index contributed by atoms with van der Waals surface area (Å²) in [6.45, 7) is 5.98. The maximum absolute atomic E-state index is 13.3. The quantitative estimate of drug-likeness (QED) is 0.919. The second-order valence-electron chi connectivity index (χ2n) is 5.57. The minimum Gasteiger partial charge on any atom is -0.312 e. The van der Waals surface area contributed by atoms with Gasteiger partial charge in [0.2, 0.25) is 0 Å². The fourth-order valence-electron chi connectivity index (χ4n) is 2.61. The van der Waals surface area contributed by atoms with Gasteiger partial charge in [0.25, 0.3) is 0 Å². The Morgan fingerprint density at radius 2 is 2.10 bits per heavy atom. The minimum absolute atomic E-state index is 0.0987. The molecule has 0 spiro atoms. The first-order chi connectivity index (χ1) is 10.1. The SMILES string of the molecule is CC(C)c1nc(-c2ccc(F)c(Cl)c2)nc2c1CNCC2. The molecule has 110 valence electrons. The first kappa shape index (κ1) is 14.4. The number of benzene rings is 1. The zero-order chi connectivity index (χ0) is 15.0. The highest BCUT2D eigenvalue weighted by Crippen LogP contribution is 2.28. The minimum atomic E-state index is -0.424. The van der Waals surface area contributed by atoms with Gasteiger partial charge in [-0.2, -0.15) is 0 Å². The van der Waals surface area contributed by atoms with Crippen LogP contribution >= 0.6 is 11.6 Å². The Balaban J connectivity index is 2.14. The van der Waals surface area contributed by atoms with E-state index in [-0.39, 0.29) is 5.02 Å². The lowest BCUT2D eigenvalue weighted by Gasteiger charge is -2.21. The molecule has 1 aliphatic heterocycles. The van der Waals surface area contributed by atoms with E-state index in [1.165, 1.54) is 11.6 Å². The Morgan fingerprint density at radius 1 is 1.29 bits per heavy atom. The largest absolute Gasteiger partial charge is 0.312 e. The van der Waals surface area contributed by atoms with Gasteiger partial charge >= 0.3 is 0 Å². The lowest BCUT2D eigenvalue weighted by molar-refractivity contribution is 0.609. The second kappa shape index (κ2) is 5.70. The molecule has 0 saturated heterocycles. The summed E-state index contributed by atoms with van der Waals surface area (Å²) in [5.74, 6) is 0.518. The highest BCUT2D eigenvalue weighted by atomic mass is 35.5. The molecule has 3 rings (SSSR count). The van der Waals surface area contributed by atoms with E-state index in [4.69, 9.17) is 16.6 Å². The van der Waals surface area contributed by atoms with Gasteiger partial charge in [0.05, 0.1) is 16.4 Å². The van der Waals surface area contributed by atoms with Crippen molar-refractivity contribution >= 4 is 11.6 Å². The summed E-state index contributed by atoms with van der Waals surface area (Å²) >= 11 is 5.87. The van der Waals surface area contributed by atoms with Crippen LogP contribution in [0.1, 0.15) is 36.7 Å². The highest BCUT2D eigenvalue weighted by Gasteiger charge is 2.20. The van der Waals surface area contributed by atoms with Crippen molar-refractivity contribution in [2.75, 3.05) is 6.54 Å². The summed E-state index contributed by atoms with van der Waals surface area (Å²) in [5.41, 5.74) is 4.10. The molecule has 1 aromatic heterocycles. The predicted molar refractivity (Wildman–Crippen MR) is 81.9 cm³/mol. The van der Waals surface area contributed by atoms with Crippen molar-refractivity contribution in [3.63, 3.8) is 0 Å². The third kappa shape index (κ3) is 2.78. The van der Waals surface area contributed by atoms with Gasteiger partial charge in [-0.05, 0) is 24.1 Å². The van der Waals surface area contributed by atoms with E-state index in [1.807, 2.05) is 0 Å². The summed E-state index contributed by atoms with van der Waals surface area (Å²) in [6.07, 6.45) is 0.888. The van der Waals surface area contributed by atoms with Crippen LogP contribution in [0.15, 0.2) is 18.2 Å². The Morgan fingerprint density at radius 3 is 2.81 bits per heavy atom.